The molecule has 4 heteroatoms. The number of nitriles is 1. The fourth-order valence-electron chi connectivity index (χ4n) is 8.92. The van der Waals surface area contributed by atoms with Gasteiger partial charge in [-0.25, -0.2) is 4.99 Å². The third kappa shape index (κ3) is 5.35. The van der Waals surface area contributed by atoms with Crippen molar-refractivity contribution in [1.29, 1.82) is 5.26 Å². The summed E-state index contributed by atoms with van der Waals surface area (Å²) in [6.45, 7) is 4.53. The van der Waals surface area contributed by atoms with Crippen molar-refractivity contribution in [3.63, 3.8) is 0 Å². The third-order valence-corrected chi connectivity index (χ3v) is 11.6. The number of hydrogen-bond donors (Lipinski definition) is 2. The van der Waals surface area contributed by atoms with Crippen molar-refractivity contribution in [1.82, 2.24) is 10.6 Å². The average Bonchev–Trinajstić information content (AvgIpc) is 3.49. The van der Waals surface area contributed by atoms with Crippen LogP contribution in [0.15, 0.2) is 175 Å². The van der Waals surface area contributed by atoms with Crippen LogP contribution in [0.1, 0.15) is 59.6 Å². The minimum Gasteiger partial charge on any atom is -0.350 e. The lowest BCUT2D eigenvalue weighted by Crippen LogP contribution is -2.45. The van der Waals surface area contributed by atoms with Crippen LogP contribution in [0.2, 0.25) is 0 Å². The van der Waals surface area contributed by atoms with Crippen LogP contribution in [-0.4, -0.2) is 5.84 Å². The Balaban J connectivity index is 1.14. The lowest BCUT2D eigenvalue weighted by Gasteiger charge is -2.34. The predicted octanol–water partition coefficient (Wildman–Crippen LogP) is 11.8. The Morgan fingerprint density at radius 3 is 1.89 bits per heavy atom. The molecule has 0 saturated heterocycles. The summed E-state index contributed by atoms with van der Waals surface area (Å²) in [6.07, 6.45) is -0.497. The van der Waals surface area contributed by atoms with Crippen molar-refractivity contribution in [2.24, 2.45) is 4.99 Å². The van der Waals surface area contributed by atoms with Gasteiger partial charge in [-0.15, -0.1) is 0 Å². The van der Waals surface area contributed by atoms with Gasteiger partial charge in [-0.1, -0.05) is 172 Å². The summed E-state index contributed by atoms with van der Waals surface area (Å²) < 4.78 is 0. The van der Waals surface area contributed by atoms with Gasteiger partial charge in [0.2, 0.25) is 0 Å². The van der Waals surface area contributed by atoms with E-state index in [-0.39, 0.29) is 17.7 Å². The molecular formula is C51H38N4. The average molecular weight is 707 g/mol. The van der Waals surface area contributed by atoms with Gasteiger partial charge in [0.15, 0.2) is 0 Å². The van der Waals surface area contributed by atoms with Gasteiger partial charge in [0, 0.05) is 22.1 Å². The van der Waals surface area contributed by atoms with Gasteiger partial charge >= 0.3 is 0 Å². The first-order chi connectivity index (χ1) is 27.0. The third-order valence-electron chi connectivity index (χ3n) is 11.6. The Morgan fingerprint density at radius 2 is 1.16 bits per heavy atom. The molecular weight excluding hydrogens is 669 g/mol. The molecule has 1 aliphatic carbocycles. The second-order valence-corrected chi connectivity index (χ2v) is 15.1. The van der Waals surface area contributed by atoms with E-state index in [4.69, 9.17) is 4.99 Å². The molecule has 2 aliphatic rings. The maximum absolute atomic E-state index is 9.94. The molecule has 0 aromatic heterocycles. The van der Waals surface area contributed by atoms with E-state index in [9.17, 15) is 5.26 Å². The smallest absolute Gasteiger partial charge is 0.131 e. The first-order valence-electron chi connectivity index (χ1n) is 18.9. The monoisotopic (exact) mass is 706 g/mol. The molecule has 0 fully saturated rings. The number of amidine groups is 1. The highest BCUT2D eigenvalue weighted by molar-refractivity contribution is 6.16. The van der Waals surface area contributed by atoms with Crippen molar-refractivity contribution in [3.05, 3.63) is 203 Å². The summed E-state index contributed by atoms with van der Waals surface area (Å²) >= 11 is 0. The van der Waals surface area contributed by atoms with Crippen molar-refractivity contribution >= 4 is 27.4 Å². The van der Waals surface area contributed by atoms with Gasteiger partial charge in [0.25, 0.3) is 0 Å². The summed E-state index contributed by atoms with van der Waals surface area (Å²) in [5.74, 6) is 0.861. The molecule has 0 bridgehead atoms. The summed E-state index contributed by atoms with van der Waals surface area (Å²) in [5.41, 5.74) is 13.2. The van der Waals surface area contributed by atoms with E-state index in [1.54, 1.807) is 0 Å². The quantitative estimate of drug-likeness (QED) is 0.175. The first kappa shape index (κ1) is 32.8. The minimum atomic E-state index is -0.343. The molecule has 0 saturated carbocycles. The topological polar surface area (TPSA) is 60.2 Å². The summed E-state index contributed by atoms with van der Waals surface area (Å²) in [7, 11) is 0. The molecule has 8 aromatic carbocycles. The first-order valence-corrected chi connectivity index (χ1v) is 18.9. The zero-order chi connectivity index (χ0) is 37.1. The lowest BCUT2D eigenvalue weighted by atomic mass is 9.81. The molecule has 262 valence electrons. The minimum absolute atomic E-state index is 0.154. The zero-order valence-electron chi connectivity index (χ0n) is 30.7. The molecule has 4 nitrogen and oxygen atoms in total. The highest BCUT2D eigenvalue weighted by Gasteiger charge is 2.37. The number of hydrogen-bond acceptors (Lipinski definition) is 4. The number of fused-ring (bicyclic) bond motifs is 6. The summed E-state index contributed by atoms with van der Waals surface area (Å²) in [5, 5.41) is 22.4. The van der Waals surface area contributed by atoms with Gasteiger partial charge in [0.05, 0.1) is 11.6 Å². The molecule has 0 radical (unpaired) electrons. The molecule has 2 atom stereocenters. The van der Waals surface area contributed by atoms with Crippen LogP contribution in [0, 0.1) is 11.3 Å². The van der Waals surface area contributed by atoms with Gasteiger partial charge in [-0.2, -0.15) is 5.26 Å². The van der Waals surface area contributed by atoms with Crippen molar-refractivity contribution < 1.29 is 0 Å². The van der Waals surface area contributed by atoms with Gasteiger partial charge < -0.3 is 5.32 Å². The number of nitrogens with one attached hydrogen (secondary N) is 2. The lowest BCUT2D eigenvalue weighted by molar-refractivity contribution is 0.411. The second-order valence-electron chi connectivity index (χ2n) is 15.1. The van der Waals surface area contributed by atoms with Crippen LogP contribution in [0.4, 0.5) is 0 Å². The van der Waals surface area contributed by atoms with Crippen molar-refractivity contribution in [2.75, 3.05) is 0 Å². The van der Waals surface area contributed by atoms with E-state index in [1.807, 2.05) is 18.2 Å². The van der Waals surface area contributed by atoms with Crippen molar-refractivity contribution in [2.45, 2.75) is 31.6 Å². The van der Waals surface area contributed by atoms with E-state index in [0.29, 0.717) is 0 Å². The number of nitrogens with zero attached hydrogens (tertiary/aromatic N) is 2. The molecule has 0 spiro atoms. The Hall–Kier alpha value is -6.80. The zero-order valence-corrected chi connectivity index (χ0v) is 30.7. The van der Waals surface area contributed by atoms with Gasteiger partial charge in [0.1, 0.15) is 18.2 Å². The van der Waals surface area contributed by atoms with E-state index in [1.165, 1.54) is 38.2 Å². The van der Waals surface area contributed by atoms with Gasteiger partial charge in [-0.05, 0) is 78.2 Å². The van der Waals surface area contributed by atoms with Crippen LogP contribution in [0.25, 0.3) is 54.9 Å². The second kappa shape index (κ2) is 13.0. The maximum atomic E-state index is 9.94. The number of rotatable bonds is 5. The van der Waals surface area contributed by atoms with Gasteiger partial charge in [-0.3, -0.25) is 5.32 Å². The SMILES string of the molecule is CC1(C)c2cc(-c3ccc(-c4c(C5N=C(c6ccccc6)NC(c6ccccc6)N5)c5ccccc5c5ccccc45)cc3)ccc2-c2c(C#N)cccc21. The largest absolute Gasteiger partial charge is 0.350 e. The molecule has 0 amide bonds. The highest BCUT2D eigenvalue weighted by Crippen LogP contribution is 2.51. The van der Waals surface area contributed by atoms with Crippen LogP contribution >= 0.6 is 0 Å². The molecule has 2 unspecified atom stereocenters. The van der Waals surface area contributed by atoms with Crippen LogP contribution in [0.5, 0.6) is 0 Å². The fourth-order valence-corrected chi connectivity index (χ4v) is 8.92. The molecule has 2 N–H and O–H groups in total. The predicted molar refractivity (Wildman–Crippen MR) is 226 cm³/mol. The van der Waals surface area contributed by atoms with Crippen molar-refractivity contribution in [3.8, 4) is 39.4 Å². The Morgan fingerprint density at radius 1 is 0.545 bits per heavy atom. The Kier molecular flexibility index (Phi) is 7.73. The molecule has 55 heavy (non-hydrogen) atoms. The number of aliphatic imine (C=N–C) groups is 1. The van der Waals surface area contributed by atoms with Crippen LogP contribution < -0.4 is 10.6 Å². The normalized spacial score (nSPS) is 16.9. The molecule has 1 aliphatic heterocycles. The van der Waals surface area contributed by atoms with E-state index < -0.39 is 0 Å². The summed E-state index contributed by atoms with van der Waals surface area (Å²) in [4.78, 5) is 5.46. The van der Waals surface area contributed by atoms with Crippen LogP contribution in [0.3, 0.4) is 0 Å². The highest BCUT2D eigenvalue weighted by atomic mass is 15.3. The molecule has 1 heterocycles. The Labute approximate surface area is 321 Å². The number of benzene rings is 8. The maximum Gasteiger partial charge on any atom is 0.131 e. The van der Waals surface area contributed by atoms with Crippen LogP contribution in [-0.2, 0) is 5.41 Å². The fraction of sp³-hybridized carbons (Fsp3) is 0.0980. The van der Waals surface area contributed by atoms with E-state index >= 15 is 0 Å². The summed E-state index contributed by atoms with van der Waals surface area (Å²) in [6, 6.07) is 62.8. The molecule has 10 rings (SSSR count). The standard InChI is InChI=1S/C51H38N4/c1-51(2)43-23-13-18-37(31-52)45(43)42-29-28-36(30-44(42)51)32-24-26-33(27-25-32)46-40-21-11-9-19-38(40)39-20-10-12-22-41(39)47(46)50-54-48(34-14-5-3-6-15-34)53-49(55-50)35-16-7-4-8-17-35/h3-30,48,50,54H,1-2H3,(H,53,55). The van der Waals surface area contributed by atoms with E-state index in [2.05, 4.69) is 182 Å². The Bertz CT molecular complexity index is 2850. The molecule has 8 aromatic rings. The van der Waals surface area contributed by atoms with E-state index in [0.717, 1.165) is 55.9 Å².